The van der Waals surface area contributed by atoms with E-state index in [1.807, 2.05) is 0 Å². The Kier molecular flexibility index (Phi) is 4.16. The molecule has 3 rings (SSSR count). The van der Waals surface area contributed by atoms with Gasteiger partial charge >= 0.3 is 0 Å². The SMILES string of the molecule is CCOc1c(F)cc(F)cc1-c1ccc2c(NC)nc(N)nc2c1. The van der Waals surface area contributed by atoms with Crippen LogP contribution in [0, 0.1) is 11.6 Å². The van der Waals surface area contributed by atoms with Crippen molar-refractivity contribution >= 4 is 22.7 Å². The van der Waals surface area contributed by atoms with Gasteiger partial charge in [-0.3, -0.25) is 0 Å². The van der Waals surface area contributed by atoms with E-state index >= 15 is 0 Å². The molecule has 0 spiro atoms. The lowest BCUT2D eigenvalue weighted by Crippen LogP contribution is -2.01. The van der Waals surface area contributed by atoms with Crippen LogP contribution in [0.1, 0.15) is 6.92 Å². The average molecular weight is 330 g/mol. The van der Waals surface area contributed by atoms with Crippen molar-refractivity contribution in [1.29, 1.82) is 0 Å². The Bertz CT molecular complexity index is 915. The molecule has 0 aliphatic heterocycles. The van der Waals surface area contributed by atoms with Crippen molar-refractivity contribution in [3.63, 3.8) is 0 Å². The predicted molar refractivity (Wildman–Crippen MR) is 90.0 cm³/mol. The number of hydrogen-bond acceptors (Lipinski definition) is 5. The van der Waals surface area contributed by atoms with Crippen molar-refractivity contribution in [3.05, 3.63) is 42.0 Å². The highest BCUT2D eigenvalue weighted by molar-refractivity contribution is 5.93. The smallest absolute Gasteiger partial charge is 0.222 e. The Balaban J connectivity index is 2.23. The van der Waals surface area contributed by atoms with E-state index in [4.69, 9.17) is 10.5 Å². The maximum absolute atomic E-state index is 14.1. The molecule has 0 fully saturated rings. The van der Waals surface area contributed by atoms with Gasteiger partial charge in [0.2, 0.25) is 5.95 Å². The number of anilines is 2. The van der Waals surface area contributed by atoms with E-state index in [1.165, 1.54) is 6.07 Å². The molecule has 0 atom stereocenters. The molecule has 1 aromatic heterocycles. The van der Waals surface area contributed by atoms with Crippen LogP contribution >= 0.6 is 0 Å². The maximum Gasteiger partial charge on any atom is 0.222 e. The van der Waals surface area contributed by atoms with Crippen LogP contribution in [-0.4, -0.2) is 23.6 Å². The Morgan fingerprint density at radius 3 is 2.67 bits per heavy atom. The molecule has 5 nitrogen and oxygen atoms in total. The summed E-state index contributed by atoms with van der Waals surface area (Å²) in [5, 5.41) is 3.70. The molecule has 0 bridgehead atoms. The molecule has 0 radical (unpaired) electrons. The van der Waals surface area contributed by atoms with Crippen molar-refractivity contribution in [2.24, 2.45) is 0 Å². The fraction of sp³-hybridized carbons (Fsp3) is 0.176. The van der Waals surface area contributed by atoms with Gasteiger partial charge in [-0.2, -0.15) is 4.98 Å². The molecule has 3 aromatic rings. The molecule has 3 N–H and O–H groups in total. The summed E-state index contributed by atoms with van der Waals surface area (Å²) in [5.74, 6) is -0.720. The van der Waals surface area contributed by atoms with Gasteiger partial charge in [-0.25, -0.2) is 13.8 Å². The molecule has 0 saturated heterocycles. The van der Waals surface area contributed by atoms with Gasteiger partial charge in [0, 0.05) is 24.1 Å². The number of fused-ring (bicyclic) bond motifs is 1. The van der Waals surface area contributed by atoms with Gasteiger partial charge in [-0.05, 0) is 30.7 Å². The first kappa shape index (κ1) is 15.9. The fourth-order valence-electron chi connectivity index (χ4n) is 2.57. The zero-order valence-electron chi connectivity index (χ0n) is 13.2. The predicted octanol–water partition coefficient (Wildman–Crippen LogP) is 3.60. The average Bonchev–Trinajstić information content (AvgIpc) is 2.55. The van der Waals surface area contributed by atoms with Crippen molar-refractivity contribution in [1.82, 2.24) is 9.97 Å². The molecule has 0 amide bonds. The van der Waals surface area contributed by atoms with Crippen molar-refractivity contribution in [3.8, 4) is 16.9 Å². The number of aromatic nitrogens is 2. The molecule has 0 aliphatic rings. The highest BCUT2D eigenvalue weighted by atomic mass is 19.1. The standard InChI is InChI=1S/C17H16F2N4O/c1-3-24-15-12(7-10(18)8-13(15)19)9-4-5-11-14(6-9)22-17(20)23-16(11)21-2/h4-8H,3H2,1-2H3,(H3,20,21,22,23). The van der Waals surface area contributed by atoms with Crippen molar-refractivity contribution in [2.75, 3.05) is 24.7 Å². The normalized spacial score (nSPS) is 10.8. The van der Waals surface area contributed by atoms with Gasteiger partial charge < -0.3 is 15.8 Å². The number of nitrogens with one attached hydrogen (secondary N) is 1. The van der Waals surface area contributed by atoms with Crippen LogP contribution in [-0.2, 0) is 0 Å². The highest BCUT2D eigenvalue weighted by Crippen LogP contribution is 2.35. The molecule has 2 aromatic carbocycles. The van der Waals surface area contributed by atoms with Gasteiger partial charge in [-0.15, -0.1) is 0 Å². The third kappa shape index (κ3) is 2.80. The summed E-state index contributed by atoms with van der Waals surface area (Å²) in [7, 11) is 1.73. The first-order chi connectivity index (χ1) is 11.5. The maximum atomic E-state index is 14.1. The van der Waals surface area contributed by atoms with Crippen LogP contribution in [0.4, 0.5) is 20.5 Å². The fourth-order valence-corrected chi connectivity index (χ4v) is 2.57. The van der Waals surface area contributed by atoms with E-state index in [0.29, 0.717) is 22.5 Å². The number of benzene rings is 2. The molecule has 124 valence electrons. The molecule has 0 aliphatic carbocycles. The molecular formula is C17H16F2N4O. The molecule has 0 saturated carbocycles. The summed E-state index contributed by atoms with van der Waals surface area (Å²) in [6.45, 7) is 2.00. The van der Waals surface area contributed by atoms with Gasteiger partial charge in [-0.1, -0.05) is 6.07 Å². The number of nitrogens with zero attached hydrogens (tertiary/aromatic N) is 2. The summed E-state index contributed by atoms with van der Waals surface area (Å²) in [6.07, 6.45) is 0. The zero-order valence-corrected chi connectivity index (χ0v) is 13.2. The minimum absolute atomic E-state index is 0.00844. The Morgan fingerprint density at radius 1 is 1.17 bits per heavy atom. The Morgan fingerprint density at radius 2 is 1.96 bits per heavy atom. The van der Waals surface area contributed by atoms with Crippen LogP contribution < -0.4 is 15.8 Å². The lowest BCUT2D eigenvalue weighted by molar-refractivity contribution is 0.322. The molecule has 24 heavy (non-hydrogen) atoms. The first-order valence-electron chi connectivity index (χ1n) is 7.40. The van der Waals surface area contributed by atoms with Gasteiger partial charge in [0.05, 0.1) is 12.1 Å². The lowest BCUT2D eigenvalue weighted by Gasteiger charge is -2.13. The summed E-state index contributed by atoms with van der Waals surface area (Å²) < 4.78 is 33.1. The minimum Gasteiger partial charge on any atom is -0.490 e. The van der Waals surface area contributed by atoms with Crippen molar-refractivity contribution in [2.45, 2.75) is 6.92 Å². The number of hydrogen-bond donors (Lipinski definition) is 2. The number of nitrogen functional groups attached to an aromatic ring is 1. The van der Waals surface area contributed by atoms with Crippen LogP contribution in [0.2, 0.25) is 0 Å². The number of rotatable bonds is 4. The molecule has 1 heterocycles. The Labute approximate surface area is 137 Å². The third-order valence-electron chi connectivity index (χ3n) is 3.56. The number of ether oxygens (including phenoxy) is 1. The summed E-state index contributed by atoms with van der Waals surface area (Å²) in [4.78, 5) is 8.30. The third-order valence-corrected chi connectivity index (χ3v) is 3.56. The van der Waals surface area contributed by atoms with E-state index < -0.39 is 11.6 Å². The summed E-state index contributed by atoms with van der Waals surface area (Å²) in [5.41, 5.74) is 7.17. The van der Waals surface area contributed by atoms with Gasteiger partial charge in [0.25, 0.3) is 0 Å². The number of halogens is 2. The summed E-state index contributed by atoms with van der Waals surface area (Å²) >= 11 is 0. The van der Waals surface area contributed by atoms with E-state index in [2.05, 4.69) is 15.3 Å². The van der Waals surface area contributed by atoms with Crippen LogP contribution in [0.5, 0.6) is 5.75 Å². The Hall–Kier alpha value is -2.96. The second kappa shape index (κ2) is 6.27. The van der Waals surface area contributed by atoms with E-state index in [0.717, 1.165) is 11.5 Å². The van der Waals surface area contributed by atoms with Crippen molar-refractivity contribution < 1.29 is 13.5 Å². The number of nitrogens with two attached hydrogens (primary N) is 1. The molecular weight excluding hydrogens is 314 g/mol. The molecule has 7 heteroatoms. The largest absolute Gasteiger partial charge is 0.490 e. The molecule has 0 unspecified atom stereocenters. The topological polar surface area (TPSA) is 73.1 Å². The first-order valence-corrected chi connectivity index (χ1v) is 7.40. The van der Waals surface area contributed by atoms with Gasteiger partial charge in [0.1, 0.15) is 11.6 Å². The summed E-state index contributed by atoms with van der Waals surface area (Å²) in [6, 6.07) is 7.24. The second-order valence-electron chi connectivity index (χ2n) is 5.11. The monoisotopic (exact) mass is 330 g/mol. The van der Waals surface area contributed by atoms with Crippen LogP contribution in [0.3, 0.4) is 0 Å². The van der Waals surface area contributed by atoms with Crippen LogP contribution in [0.25, 0.3) is 22.0 Å². The quantitative estimate of drug-likeness (QED) is 0.765. The second-order valence-corrected chi connectivity index (χ2v) is 5.11. The van der Waals surface area contributed by atoms with E-state index in [9.17, 15) is 8.78 Å². The zero-order chi connectivity index (χ0) is 17.3. The minimum atomic E-state index is -0.745. The highest BCUT2D eigenvalue weighted by Gasteiger charge is 2.15. The van der Waals surface area contributed by atoms with E-state index in [-0.39, 0.29) is 18.3 Å². The van der Waals surface area contributed by atoms with E-state index in [1.54, 1.807) is 32.2 Å². The van der Waals surface area contributed by atoms with Gasteiger partial charge in [0.15, 0.2) is 11.6 Å². The lowest BCUT2D eigenvalue weighted by atomic mass is 10.0. The van der Waals surface area contributed by atoms with Crippen LogP contribution in [0.15, 0.2) is 30.3 Å².